The Bertz CT molecular complexity index is 421. The highest BCUT2D eigenvalue weighted by Gasteiger charge is 2.36. The van der Waals surface area contributed by atoms with E-state index in [-0.39, 0.29) is 5.41 Å². The minimum absolute atomic E-state index is 0.272. The third-order valence-electron chi connectivity index (χ3n) is 3.87. The van der Waals surface area contributed by atoms with E-state index in [4.69, 9.17) is 5.11 Å². The van der Waals surface area contributed by atoms with Crippen molar-refractivity contribution in [1.82, 2.24) is 0 Å². The molecule has 19 heavy (non-hydrogen) atoms. The number of rotatable bonds is 1. The molecule has 0 aromatic rings. The molecule has 0 heterocycles. The van der Waals surface area contributed by atoms with Crippen LogP contribution in [0.1, 0.15) is 53.4 Å². The maximum absolute atomic E-state index is 10.5. The zero-order valence-corrected chi connectivity index (χ0v) is 12.3. The van der Waals surface area contributed by atoms with Crippen molar-refractivity contribution >= 4 is 5.97 Å². The van der Waals surface area contributed by atoms with Gasteiger partial charge in [-0.25, -0.2) is 4.79 Å². The number of carbonyl (C=O) groups is 1. The normalized spacial score (nSPS) is 28.5. The van der Waals surface area contributed by atoms with Gasteiger partial charge in [0.25, 0.3) is 0 Å². The lowest BCUT2D eigenvalue weighted by Crippen LogP contribution is -2.36. The Kier molecular flexibility index (Phi) is 4.81. The molecule has 0 aromatic carbocycles. The Morgan fingerprint density at radius 2 is 1.84 bits per heavy atom. The Labute approximate surface area is 115 Å². The van der Waals surface area contributed by atoms with Crippen LogP contribution in [-0.2, 0) is 4.79 Å². The highest BCUT2D eigenvalue weighted by Crippen LogP contribution is 2.41. The molecule has 2 N–H and O–H groups in total. The van der Waals surface area contributed by atoms with Gasteiger partial charge in [-0.1, -0.05) is 32.6 Å². The third kappa shape index (κ3) is 5.08. The van der Waals surface area contributed by atoms with E-state index in [1.54, 1.807) is 6.92 Å². The topological polar surface area (TPSA) is 57.5 Å². The molecule has 0 aromatic heterocycles. The Morgan fingerprint density at radius 1 is 1.32 bits per heavy atom. The Hall–Kier alpha value is -1.27. The van der Waals surface area contributed by atoms with Gasteiger partial charge in [-0.2, -0.15) is 0 Å². The molecule has 0 unspecified atom stereocenters. The number of carboxylic acids is 1. The van der Waals surface area contributed by atoms with Gasteiger partial charge in [-0.15, -0.1) is 0 Å². The van der Waals surface area contributed by atoms with E-state index in [9.17, 15) is 9.90 Å². The quantitative estimate of drug-likeness (QED) is 0.565. The third-order valence-corrected chi connectivity index (χ3v) is 3.87. The summed E-state index contributed by atoms with van der Waals surface area (Å²) in [5.74, 6) is 5.22. The number of aliphatic hydroxyl groups is 1. The monoisotopic (exact) mass is 264 g/mol. The molecule has 0 aliphatic heterocycles. The molecule has 0 atom stereocenters. The van der Waals surface area contributed by atoms with Gasteiger partial charge < -0.3 is 10.2 Å². The highest BCUT2D eigenvalue weighted by atomic mass is 16.4. The average molecular weight is 264 g/mol. The predicted octanol–water partition coefficient (Wildman–Crippen LogP) is 2.99. The number of hydrogen-bond donors (Lipinski definition) is 2. The molecule has 1 aliphatic rings. The summed E-state index contributed by atoms with van der Waals surface area (Å²) in [7, 11) is 0. The summed E-state index contributed by atoms with van der Waals surface area (Å²) in [5.41, 5.74) is -0.206. The summed E-state index contributed by atoms with van der Waals surface area (Å²) in [6, 6.07) is 0. The fourth-order valence-corrected chi connectivity index (χ4v) is 2.52. The van der Waals surface area contributed by atoms with Crippen LogP contribution in [0.15, 0.2) is 11.6 Å². The first kappa shape index (κ1) is 15.8. The predicted molar refractivity (Wildman–Crippen MR) is 75.5 cm³/mol. The standard InChI is InChI=1S/C16H24O3/c1-12(11-14(17)18)5-8-16(19)9-6-13(7-10-16)15(2,3)4/h11,13,19H,6-7,9-10H2,1-4H3,(H,17,18)/b12-11+. The molecule has 0 spiro atoms. The van der Waals surface area contributed by atoms with Crippen LogP contribution in [0.4, 0.5) is 0 Å². The zero-order valence-electron chi connectivity index (χ0n) is 12.3. The van der Waals surface area contributed by atoms with E-state index < -0.39 is 11.6 Å². The highest BCUT2D eigenvalue weighted by molar-refractivity contribution is 5.81. The van der Waals surface area contributed by atoms with Crippen molar-refractivity contribution in [2.45, 2.75) is 59.0 Å². The minimum Gasteiger partial charge on any atom is -0.478 e. The van der Waals surface area contributed by atoms with Crippen molar-refractivity contribution < 1.29 is 15.0 Å². The summed E-state index contributed by atoms with van der Waals surface area (Å²) in [6.45, 7) is 8.33. The molecule has 106 valence electrons. The SMILES string of the molecule is C/C(C#CC1(O)CCC(C(C)(C)C)CC1)=C\C(=O)O. The zero-order chi connectivity index (χ0) is 14.7. The van der Waals surface area contributed by atoms with Crippen LogP contribution in [0.2, 0.25) is 0 Å². The lowest BCUT2D eigenvalue weighted by Gasteiger charge is -2.39. The van der Waals surface area contributed by atoms with Crippen molar-refractivity contribution in [2.24, 2.45) is 11.3 Å². The molecule has 1 rings (SSSR count). The second-order valence-electron chi connectivity index (χ2n) is 6.59. The van der Waals surface area contributed by atoms with E-state index in [1.807, 2.05) is 0 Å². The number of aliphatic carboxylic acids is 1. The lowest BCUT2D eigenvalue weighted by molar-refractivity contribution is -0.131. The van der Waals surface area contributed by atoms with E-state index in [2.05, 4.69) is 32.6 Å². The molecular weight excluding hydrogens is 240 g/mol. The van der Waals surface area contributed by atoms with Gasteiger partial charge in [0.1, 0.15) is 5.60 Å². The van der Waals surface area contributed by atoms with Crippen LogP contribution in [0.5, 0.6) is 0 Å². The Morgan fingerprint density at radius 3 is 2.26 bits per heavy atom. The van der Waals surface area contributed by atoms with Gasteiger partial charge in [-0.05, 0) is 43.9 Å². The number of hydrogen-bond acceptors (Lipinski definition) is 2. The first-order valence-electron chi connectivity index (χ1n) is 6.79. The van der Waals surface area contributed by atoms with Crippen LogP contribution in [0.3, 0.4) is 0 Å². The van der Waals surface area contributed by atoms with Crippen LogP contribution < -0.4 is 0 Å². The first-order valence-corrected chi connectivity index (χ1v) is 6.79. The lowest BCUT2D eigenvalue weighted by atomic mass is 9.68. The summed E-state index contributed by atoms with van der Waals surface area (Å²) in [5, 5.41) is 19.0. The number of allylic oxidation sites excluding steroid dienone is 1. The largest absolute Gasteiger partial charge is 0.478 e. The summed E-state index contributed by atoms with van der Waals surface area (Å²) < 4.78 is 0. The van der Waals surface area contributed by atoms with Crippen LogP contribution in [0.25, 0.3) is 0 Å². The van der Waals surface area contributed by atoms with E-state index in [0.717, 1.165) is 18.9 Å². The van der Waals surface area contributed by atoms with Gasteiger partial charge in [-0.3, -0.25) is 0 Å². The van der Waals surface area contributed by atoms with Gasteiger partial charge in [0.15, 0.2) is 0 Å². The summed E-state index contributed by atoms with van der Waals surface area (Å²) in [4.78, 5) is 10.5. The molecular formula is C16H24O3. The smallest absolute Gasteiger partial charge is 0.329 e. The Balaban J connectivity index is 2.67. The van der Waals surface area contributed by atoms with Gasteiger partial charge in [0.05, 0.1) is 0 Å². The molecule has 0 bridgehead atoms. The van der Waals surface area contributed by atoms with Crippen LogP contribution in [0, 0.1) is 23.2 Å². The first-order chi connectivity index (χ1) is 8.62. The second-order valence-corrected chi connectivity index (χ2v) is 6.59. The fraction of sp³-hybridized carbons (Fsp3) is 0.688. The van der Waals surface area contributed by atoms with E-state index >= 15 is 0 Å². The van der Waals surface area contributed by atoms with Gasteiger partial charge >= 0.3 is 5.97 Å². The molecule has 0 radical (unpaired) electrons. The van der Waals surface area contributed by atoms with Crippen molar-refractivity contribution in [3.05, 3.63) is 11.6 Å². The maximum Gasteiger partial charge on any atom is 0.329 e. The molecule has 0 saturated heterocycles. The van der Waals surface area contributed by atoms with Crippen molar-refractivity contribution in [2.75, 3.05) is 0 Å². The van der Waals surface area contributed by atoms with Gasteiger partial charge in [0, 0.05) is 11.6 Å². The van der Waals surface area contributed by atoms with Crippen molar-refractivity contribution in [1.29, 1.82) is 0 Å². The average Bonchev–Trinajstić information content (AvgIpc) is 2.25. The molecule has 3 nitrogen and oxygen atoms in total. The molecule has 3 heteroatoms. The fourth-order valence-electron chi connectivity index (χ4n) is 2.52. The molecule has 1 saturated carbocycles. The van der Waals surface area contributed by atoms with Crippen molar-refractivity contribution in [3.8, 4) is 11.8 Å². The van der Waals surface area contributed by atoms with Crippen LogP contribution in [-0.4, -0.2) is 21.8 Å². The minimum atomic E-state index is -1.00. The van der Waals surface area contributed by atoms with E-state index in [1.165, 1.54) is 0 Å². The molecule has 1 aliphatic carbocycles. The van der Waals surface area contributed by atoms with Crippen LogP contribution >= 0.6 is 0 Å². The second kappa shape index (κ2) is 5.79. The summed E-state index contributed by atoms with van der Waals surface area (Å²) in [6.07, 6.45) is 4.34. The van der Waals surface area contributed by atoms with E-state index in [0.29, 0.717) is 24.3 Å². The number of carboxylic acid groups (broad SMARTS) is 1. The summed E-state index contributed by atoms with van der Waals surface area (Å²) >= 11 is 0. The van der Waals surface area contributed by atoms with Gasteiger partial charge in [0.2, 0.25) is 0 Å². The van der Waals surface area contributed by atoms with Crippen molar-refractivity contribution in [3.63, 3.8) is 0 Å². The molecule has 0 amide bonds. The molecule has 1 fully saturated rings. The maximum atomic E-state index is 10.5.